The standard InChI is InChI=1S/C54H84N4O29Si/c1-22(59)55-38-46(76-30(9)67)42(34(80-50(38)71)18-72-26(5)63)84-51-39(56-23(2)60)47(77-31(10)68)43(35(81-51)19-73-27(6)64)85-52-40(57-24(3)61)48(78-32(11)69)44(36(82-52)20-74-28(7)65)86-53-41(58-25(4)62)49(79-33(12)70)45(37(83-53)21-75-29(8)66)87-88(16,17)54(13,14)15/h34-53,71H,18-21H2,1-17H3,(H,55,59)(H,56,60)(H,57,61)(H,58,62)/t34?,35?,36?,37?,38-,39+,40-,41+,42+,43?,44+,45?,46?,47+,48?,49+,50-,51?,52+,53?/m0/s1. The molecule has 10 unspecified atom stereocenters. The lowest BCUT2D eigenvalue weighted by Gasteiger charge is -2.52. The molecule has 4 aliphatic heterocycles. The first-order chi connectivity index (χ1) is 40.8. The fourth-order valence-electron chi connectivity index (χ4n) is 9.81. The van der Waals surface area contributed by atoms with Gasteiger partial charge in [0.25, 0.3) is 0 Å². The Morgan fingerprint density at radius 3 is 0.852 bits per heavy atom. The van der Waals surface area contributed by atoms with Gasteiger partial charge in [-0.2, -0.15) is 0 Å². The molecule has 4 fully saturated rings. The van der Waals surface area contributed by atoms with Crippen molar-refractivity contribution in [2.45, 2.75) is 245 Å². The number of carbonyl (C=O) groups excluding carboxylic acids is 12. The zero-order chi connectivity index (χ0) is 66.4. The lowest BCUT2D eigenvalue weighted by atomic mass is 9.92. The SMILES string of the molecule is CC(=O)N[C@H]1C(OC(C)=O)[C@H](OC2OC(COC(C)=O)C(O[Si](C)(C)C(C)(C)C)[C@H](OC(C)=O)[C@H]2NC(C)=O)C(COC(C)=O)O[C@@H]1OC1C(COC(C)=O)OC(O[C@@H]2C(COC(C)=O)O[C@H](O)[C@@H](NC(C)=O)C2OC(C)=O)[C@H](NC(C)=O)[C@H]1OC(C)=O. The van der Waals surface area contributed by atoms with Gasteiger partial charge in [0.15, 0.2) is 57.9 Å². The number of carbonyl (C=O) groups is 12. The summed E-state index contributed by atoms with van der Waals surface area (Å²) < 4.78 is 97.1. The Hall–Kier alpha value is -6.50. The topological polar surface area (TPSA) is 421 Å². The van der Waals surface area contributed by atoms with E-state index in [9.17, 15) is 62.6 Å². The van der Waals surface area contributed by atoms with Crippen LogP contribution in [0.25, 0.3) is 0 Å². The predicted molar refractivity (Wildman–Crippen MR) is 293 cm³/mol. The summed E-state index contributed by atoms with van der Waals surface area (Å²) in [5.41, 5.74) is 0. The molecule has 0 radical (unpaired) electrons. The van der Waals surface area contributed by atoms with Crippen molar-refractivity contribution in [3.05, 3.63) is 0 Å². The Balaban J connectivity index is 1.99. The number of aliphatic hydroxyl groups excluding tert-OH is 1. The average Bonchev–Trinajstić information content (AvgIpc) is 0.794. The number of esters is 8. The summed E-state index contributed by atoms with van der Waals surface area (Å²) in [7, 11) is -2.91. The van der Waals surface area contributed by atoms with Gasteiger partial charge in [-0.15, -0.1) is 0 Å². The van der Waals surface area contributed by atoms with E-state index in [1.165, 1.54) is 0 Å². The van der Waals surface area contributed by atoms with Crippen molar-refractivity contribution in [2.75, 3.05) is 26.4 Å². The summed E-state index contributed by atoms with van der Waals surface area (Å²) in [4.78, 5) is 155. The molecule has 0 saturated carbocycles. The van der Waals surface area contributed by atoms with E-state index in [-0.39, 0.29) is 0 Å². The van der Waals surface area contributed by atoms with Gasteiger partial charge in [0.05, 0.1) is 0 Å². The van der Waals surface area contributed by atoms with Gasteiger partial charge in [-0.25, -0.2) is 0 Å². The number of rotatable bonds is 24. The van der Waals surface area contributed by atoms with Gasteiger partial charge in [-0.05, 0) is 18.1 Å². The molecule has 0 bridgehead atoms. The van der Waals surface area contributed by atoms with E-state index in [1.54, 1.807) is 0 Å². The van der Waals surface area contributed by atoms with E-state index in [4.69, 9.17) is 75.5 Å². The van der Waals surface area contributed by atoms with E-state index < -0.39 is 234 Å². The molecule has 4 heterocycles. The molecule has 4 amide bonds. The van der Waals surface area contributed by atoms with Crippen molar-refractivity contribution in [3.8, 4) is 0 Å². The summed E-state index contributed by atoms with van der Waals surface area (Å²) in [6, 6.07) is -6.69. The Kier molecular flexibility index (Phi) is 27.1. The van der Waals surface area contributed by atoms with Crippen molar-refractivity contribution in [3.63, 3.8) is 0 Å². The van der Waals surface area contributed by atoms with Crippen LogP contribution in [0.1, 0.15) is 104 Å². The summed E-state index contributed by atoms with van der Waals surface area (Å²) in [5, 5.41) is 21.0. The van der Waals surface area contributed by atoms with Crippen LogP contribution in [0.4, 0.5) is 0 Å². The van der Waals surface area contributed by atoms with Crippen molar-refractivity contribution in [1.29, 1.82) is 0 Å². The maximum atomic E-state index is 13.5. The van der Waals surface area contributed by atoms with Crippen molar-refractivity contribution >= 4 is 79.7 Å². The highest BCUT2D eigenvalue weighted by Crippen LogP contribution is 2.42. The van der Waals surface area contributed by atoms with Gasteiger partial charge in [0.2, 0.25) is 23.6 Å². The third kappa shape index (κ3) is 21.3. The molecule has 4 aliphatic rings. The van der Waals surface area contributed by atoms with Crippen LogP contribution in [-0.2, 0) is 133 Å². The molecule has 20 atom stereocenters. The molecule has 5 N–H and O–H groups in total. The van der Waals surface area contributed by atoms with Crippen molar-refractivity contribution < 1.29 is 138 Å². The highest BCUT2D eigenvalue weighted by atomic mass is 28.4. The summed E-state index contributed by atoms with van der Waals surface area (Å²) in [5.74, 6) is -10.5. The number of hydrogen-bond donors (Lipinski definition) is 5. The van der Waals surface area contributed by atoms with Gasteiger partial charge in [-0.3, -0.25) is 57.5 Å². The molecule has 0 aromatic heterocycles. The summed E-state index contributed by atoms with van der Waals surface area (Å²) in [6.45, 7) is 19.3. The lowest BCUT2D eigenvalue weighted by molar-refractivity contribution is -0.362. The molecule has 4 saturated heterocycles. The van der Waals surface area contributed by atoms with Crippen molar-refractivity contribution in [2.24, 2.45) is 0 Å². The molecule has 0 aromatic rings. The van der Waals surface area contributed by atoms with Gasteiger partial charge < -0.3 is 102 Å². The number of aliphatic hydroxyl groups is 1. The van der Waals surface area contributed by atoms with Gasteiger partial charge >= 0.3 is 47.8 Å². The molecule has 0 aliphatic carbocycles. The Labute approximate surface area is 508 Å². The molecule has 4 rings (SSSR count). The highest BCUT2D eigenvalue weighted by molar-refractivity contribution is 6.74. The predicted octanol–water partition coefficient (Wildman–Crippen LogP) is -1.58. The van der Waals surface area contributed by atoms with E-state index in [0.717, 1.165) is 83.1 Å². The number of ether oxygens (including phenoxy) is 15. The molecule has 88 heavy (non-hydrogen) atoms. The maximum Gasteiger partial charge on any atom is 0.303 e. The first-order valence-corrected chi connectivity index (χ1v) is 31.0. The van der Waals surface area contributed by atoms with Crippen LogP contribution in [-0.4, -0.2) is 234 Å². The molecule has 498 valence electrons. The number of amides is 4. The maximum absolute atomic E-state index is 13.5. The first kappa shape index (κ1) is 74.0. The van der Waals surface area contributed by atoms with Crippen LogP contribution in [0.2, 0.25) is 18.1 Å². The minimum atomic E-state index is -2.91. The van der Waals surface area contributed by atoms with Gasteiger partial charge in [-0.1, -0.05) is 20.8 Å². The molecule has 0 spiro atoms. The zero-order valence-corrected chi connectivity index (χ0v) is 53.3. The zero-order valence-electron chi connectivity index (χ0n) is 52.3. The molecule has 33 nitrogen and oxygen atoms in total. The number of hydrogen-bond acceptors (Lipinski definition) is 29. The van der Waals surface area contributed by atoms with Crippen LogP contribution < -0.4 is 21.3 Å². The second-order valence-electron chi connectivity index (χ2n) is 22.8. The fourth-order valence-corrected chi connectivity index (χ4v) is 11.1. The second kappa shape index (κ2) is 32.3. The summed E-state index contributed by atoms with van der Waals surface area (Å²) >= 11 is 0. The first-order valence-electron chi connectivity index (χ1n) is 28.0. The summed E-state index contributed by atoms with van der Waals surface area (Å²) in [6.07, 6.45) is -27.8. The fraction of sp³-hybridized carbons (Fsp3) is 0.778. The van der Waals surface area contributed by atoms with Crippen LogP contribution >= 0.6 is 0 Å². The third-order valence-corrected chi connectivity index (χ3v) is 18.7. The molecular weight excluding hydrogens is 1200 g/mol. The largest absolute Gasteiger partial charge is 0.463 e. The smallest absolute Gasteiger partial charge is 0.303 e. The Bertz CT molecular complexity index is 2530. The molecule has 0 aromatic carbocycles. The van der Waals surface area contributed by atoms with E-state index in [1.807, 2.05) is 33.9 Å². The van der Waals surface area contributed by atoms with Crippen LogP contribution in [0.3, 0.4) is 0 Å². The highest BCUT2D eigenvalue weighted by Gasteiger charge is 2.60. The minimum absolute atomic E-state index is 0.486. The normalized spacial score (nSPS) is 32.2. The van der Waals surface area contributed by atoms with E-state index >= 15 is 0 Å². The molecule has 34 heteroatoms. The van der Waals surface area contributed by atoms with E-state index in [0.29, 0.717) is 0 Å². The quantitative estimate of drug-likeness (QED) is 0.0414. The third-order valence-electron chi connectivity index (χ3n) is 14.2. The van der Waals surface area contributed by atoms with Crippen molar-refractivity contribution in [1.82, 2.24) is 21.3 Å². The van der Waals surface area contributed by atoms with Crippen LogP contribution in [0.5, 0.6) is 0 Å². The van der Waals surface area contributed by atoms with Gasteiger partial charge in [0, 0.05) is 83.1 Å². The lowest BCUT2D eigenvalue weighted by Crippen LogP contribution is -2.73. The van der Waals surface area contributed by atoms with Gasteiger partial charge in [0.1, 0.15) is 99.4 Å². The average molecular weight is 1280 g/mol. The Morgan fingerprint density at radius 1 is 0.364 bits per heavy atom. The monoisotopic (exact) mass is 1280 g/mol. The number of nitrogens with one attached hydrogen (secondary N) is 4. The minimum Gasteiger partial charge on any atom is -0.463 e. The van der Waals surface area contributed by atoms with Crippen LogP contribution in [0, 0.1) is 0 Å². The van der Waals surface area contributed by atoms with Crippen LogP contribution in [0.15, 0.2) is 0 Å². The van der Waals surface area contributed by atoms with E-state index in [2.05, 4.69) is 21.3 Å². The second-order valence-corrected chi connectivity index (χ2v) is 27.5. The molecular formula is C54H84N4O29Si. The Morgan fingerprint density at radius 2 is 0.602 bits per heavy atom.